The van der Waals surface area contributed by atoms with Crippen LogP contribution < -0.4 is 5.56 Å². The summed E-state index contributed by atoms with van der Waals surface area (Å²) in [5.74, 6) is -0.446. The van der Waals surface area contributed by atoms with Gasteiger partial charge in [-0.05, 0) is 30.5 Å². The summed E-state index contributed by atoms with van der Waals surface area (Å²) in [5, 5.41) is 0.444. The molecule has 0 aliphatic carbocycles. The number of thioether (sulfide) groups is 1. The Morgan fingerprint density at radius 3 is 2.88 bits per heavy atom. The summed E-state index contributed by atoms with van der Waals surface area (Å²) in [6, 6.07) is 11.8. The maximum absolute atomic E-state index is 12.2. The fraction of sp³-hybridized carbons (Fsp3) is 0.118. The van der Waals surface area contributed by atoms with Gasteiger partial charge in [0.15, 0.2) is 0 Å². The minimum Gasteiger partial charge on any atom is -0.456 e. The van der Waals surface area contributed by atoms with Crippen molar-refractivity contribution < 1.29 is 9.53 Å². The van der Waals surface area contributed by atoms with E-state index in [9.17, 15) is 9.59 Å². The number of fused-ring (bicyclic) bond motifs is 1. The van der Waals surface area contributed by atoms with Gasteiger partial charge in [0.1, 0.15) is 12.3 Å². The second-order valence-corrected chi connectivity index (χ2v) is 6.22. The van der Waals surface area contributed by atoms with Crippen LogP contribution in [0.2, 0.25) is 5.02 Å². The third-order valence-electron chi connectivity index (χ3n) is 3.35. The zero-order valence-electron chi connectivity index (χ0n) is 12.7. The lowest BCUT2D eigenvalue weighted by molar-refractivity contribution is 0.0463. The molecule has 0 aliphatic rings. The molecule has 0 unspecified atom stereocenters. The Balaban J connectivity index is 1.82. The lowest BCUT2D eigenvalue weighted by Gasteiger charge is -2.08. The first-order valence-corrected chi connectivity index (χ1v) is 8.67. The van der Waals surface area contributed by atoms with Crippen molar-refractivity contribution in [3.05, 3.63) is 75.3 Å². The third-order valence-corrected chi connectivity index (χ3v) is 4.37. The Labute approximate surface area is 147 Å². The number of benzene rings is 1. The molecule has 0 saturated heterocycles. The van der Waals surface area contributed by atoms with Gasteiger partial charge in [-0.2, -0.15) is 0 Å². The fourth-order valence-electron chi connectivity index (χ4n) is 2.23. The molecule has 24 heavy (non-hydrogen) atoms. The molecular formula is C17H13ClN2O3S. The van der Waals surface area contributed by atoms with Crippen LogP contribution in [0.4, 0.5) is 0 Å². The predicted molar refractivity (Wildman–Crippen MR) is 93.8 cm³/mol. The third kappa shape index (κ3) is 3.44. The molecule has 0 fully saturated rings. The largest absolute Gasteiger partial charge is 0.456 e. The van der Waals surface area contributed by atoms with E-state index in [0.29, 0.717) is 21.9 Å². The molecule has 0 aliphatic heterocycles. The standard InChI is InChI=1S/C17H13ClN2O3S/c1-24-14-5-3-2-4-13(14)17(22)23-10-12-8-16(21)20-9-11(18)6-7-15(20)19-12/h2-9H,10H2,1H3. The van der Waals surface area contributed by atoms with E-state index in [1.54, 1.807) is 24.3 Å². The summed E-state index contributed by atoms with van der Waals surface area (Å²) in [4.78, 5) is 29.5. The Kier molecular flexibility index (Phi) is 4.87. The quantitative estimate of drug-likeness (QED) is 0.527. The number of ether oxygens (including phenoxy) is 1. The first-order chi connectivity index (χ1) is 11.6. The smallest absolute Gasteiger partial charge is 0.339 e. The monoisotopic (exact) mass is 360 g/mol. The highest BCUT2D eigenvalue weighted by molar-refractivity contribution is 7.98. The van der Waals surface area contributed by atoms with Crippen molar-refractivity contribution in [3.63, 3.8) is 0 Å². The molecular weight excluding hydrogens is 348 g/mol. The zero-order valence-corrected chi connectivity index (χ0v) is 14.3. The highest BCUT2D eigenvalue weighted by Gasteiger charge is 2.13. The van der Waals surface area contributed by atoms with E-state index in [1.165, 1.54) is 28.4 Å². The van der Waals surface area contributed by atoms with E-state index in [2.05, 4.69) is 4.98 Å². The Bertz CT molecular complexity index is 971. The zero-order chi connectivity index (χ0) is 17.1. The minimum atomic E-state index is -0.446. The van der Waals surface area contributed by atoms with E-state index in [-0.39, 0.29) is 12.2 Å². The predicted octanol–water partition coefficient (Wildman–Crippen LogP) is 3.43. The summed E-state index contributed by atoms with van der Waals surface area (Å²) >= 11 is 7.34. The second kappa shape index (κ2) is 7.07. The molecule has 7 heteroatoms. The summed E-state index contributed by atoms with van der Waals surface area (Å²) in [6.45, 7) is -0.0735. The average molecular weight is 361 g/mol. The van der Waals surface area contributed by atoms with E-state index in [4.69, 9.17) is 16.3 Å². The molecule has 2 aromatic heterocycles. The van der Waals surface area contributed by atoms with E-state index in [1.807, 2.05) is 18.4 Å². The molecule has 2 heterocycles. The maximum atomic E-state index is 12.2. The van der Waals surface area contributed by atoms with Crippen LogP contribution in [0, 0.1) is 0 Å². The average Bonchev–Trinajstić information content (AvgIpc) is 2.60. The first-order valence-electron chi connectivity index (χ1n) is 7.06. The van der Waals surface area contributed by atoms with E-state index < -0.39 is 5.97 Å². The molecule has 0 atom stereocenters. The van der Waals surface area contributed by atoms with E-state index >= 15 is 0 Å². The number of hydrogen-bond acceptors (Lipinski definition) is 5. The van der Waals surface area contributed by atoms with Crippen molar-refractivity contribution in [1.82, 2.24) is 9.38 Å². The van der Waals surface area contributed by atoms with Crippen LogP contribution in [0.15, 0.2) is 58.4 Å². The number of halogens is 1. The number of pyridine rings is 1. The highest BCUT2D eigenvalue weighted by atomic mass is 35.5. The van der Waals surface area contributed by atoms with Gasteiger partial charge in [0, 0.05) is 17.2 Å². The van der Waals surface area contributed by atoms with Crippen LogP contribution in [-0.2, 0) is 11.3 Å². The summed E-state index contributed by atoms with van der Waals surface area (Å²) in [6.07, 6.45) is 3.39. The van der Waals surface area contributed by atoms with Crippen LogP contribution in [0.1, 0.15) is 16.1 Å². The van der Waals surface area contributed by atoms with Crippen molar-refractivity contribution >= 4 is 35.0 Å². The number of hydrogen-bond donors (Lipinski definition) is 0. The molecule has 0 bridgehead atoms. The first kappa shape index (κ1) is 16.5. The maximum Gasteiger partial charge on any atom is 0.339 e. The van der Waals surface area contributed by atoms with Gasteiger partial charge in [0.25, 0.3) is 5.56 Å². The summed E-state index contributed by atoms with van der Waals surface area (Å²) in [7, 11) is 0. The number of rotatable bonds is 4. The number of carbonyl (C=O) groups excluding carboxylic acids is 1. The molecule has 3 rings (SSSR count). The van der Waals surface area contributed by atoms with Crippen LogP contribution in [0.5, 0.6) is 0 Å². The Morgan fingerprint density at radius 1 is 1.29 bits per heavy atom. The van der Waals surface area contributed by atoms with Gasteiger partial charge >= 0.3 is 5.97 Å². The highest BCUT2D eigenvalue weighted by Crippen LogP contribution is 2.20. The Morgan fingerprint density at radius 2 is 2.08 bits per heavy atom. The SMILES string of the molecule is CSc1ccccc1C(=O)OCc1cc(=O)n2cc(Cl)ccc2n1. The number of esters is 1. The molecule has 0 saturated carbocycles. The van der Waals surface area contributed by atoms with Gasteiger partial charge in [-0.25, -0.2) is 9.78 Å². The lowest BCUT2D eigenvalue weighted by Crippen LogP contribution is -2.16. The molecule has 5 nitrogen and oxygen atoms in total. The van der Waals surface area contributed by atoms with Gasteiger partial charge in [-0.3, -0.25) is 9.20 Å². The molecule has 3 aromatic rings. The minimum absolute atomic E-state index is 0.0735. The van der Waals surface area contributed by atoms with Gasteiger partial charge in [-0.1, -0.05) is 23.7 Å². The van der Waals surface area contributed by atoms with Crippen LogP contribution in [0.3, 0.4) is 0 Å². The van der Waals surface area contributed by atoms with Gasteiger partial charge < -0.3 is 4.74 Å². The molecule has 0 radical (unpaired) electrons. The molecule has 0 N–H and O–H groups in total. The van der Waals surface area contributed by atoms with Crippen LogP contribution in [-0.4, -0.2) is 21.6 Å². The van der Waals surface area contributed by atoms with Gasteiger partial charge in [0.2, 0.25) is 0 Å². The number of nitrogens with zero attached hydrogens (tertiary/aromatic N) is 2. The van der Waals surface area contributed by atoms with Crippen LogP contribution in [0.25, 0.3) is 5.65 Å². The van der Waals surface area contributed by atoms with Crippen molar-refractivity contribution in [2.24, 2.45) is 0 Å². The fourth-order valence-corrected chi connectivity index (χ4v) is 2.98. The van der Waals surface area contributed by atoms with Gasteiger partial charge in [0.05, 0.1) is 16.3 Å². The van der Waals surface area contributed by atoms with Gasteiger partial charge in [-0.15, -0.1) is 11.8 Å². The second-order valence-electron chi connectivity index (χ2n) is 4.94. The topological polar surface area (TPSA) is 60.7 Å². The Hall–Kier alpha value is -2.31. The molecule has 1 aromatic carbocycles. The normalized spacial score (nSPS) is 10.8. The van der Waals surface area contributed by atoms with Crippen molar-refractivity contribution in [3.8, 4) is 0 Å². The van der Waals surface area contributed by atoms with Crippen molar-refractivity contribution in [2.75, 3.05) is 6.26 Å². The number of carbonyl (C=O) groups is 1. The number of aromatic nitrogens is 2. The lowest BCUT2D eigenvalue weighted by atomic mass is 10.2. The molecule has 0 spiro atoms. The molecule has 0 amide bonds. The van der Waals surface area contributed by atoms with E-state index in [0.717, 1.165) is 4.90 Å². The van der Waals surface area contributed by atoms with Crippen molar-refractivity contribution in [2.45, 2.75) is 11.5 Å². The summed E-state index contributed by atoms with van der Waals surface area (Å²) in [5.41, 5.74) is 1.05. The van der Waals surface area contributed by atoms with Crippen molar-refractivity contribution in [1.29, 1.82) is 0 Å². The van der Waals surface area contributed by atoms with Crippen LogP contribution >= 0.6 is 23.4 Å². The molecule has 122 valence electrons. The summed E-state index contributed by atoms with van der Waals surface area (Å²) < 4.78 is 6.64.